The molecule has 0 atom stereocenters. The molecule has 2 nitrogen and oxygen atoms in total. The van der Waals surface area contributed by atoms with Crippen LogP contribution in [0.1, 0.15) is 80.4 Å². The van der Waals surface area contributed by atoms with E-state index in [1.807, 2.05) is 35.7 Å². The fourth-order valence-electron chi connectivity index (χ4n) is 3.29. The molecule has 26 heavy (non-hydrogen) atoms. The highest BCUT2D eigenvalue weighted by Crippen LogP contribution is 2.44. The molecule has 0 aliphatic rings. The first-order chi connectivity index (χ1) is 12.7. The van der Waals surface area contributed by atoms with Gasteiger partial charge in [0, 0.05) is 4.70 Å². The maximum absolute atomic E-state index is 11.9. The Labute approximate surface area is 168 Å². The van der Waals surface area contributed by atoms with Crippen molar-refractivity contribution in [3.63, 3.8) is 0 Å². The molecular formula is C21H28O2S3. The first kappa shape index (κ1) is 19.8. The molecular weight excluding hydrogens is 380 g/mol. The fraction of sp³-hybridized carbons (Fsp3) is 0.571. The van der Waals surface area contributed by atoms with Gasteiger partial charge in [0.05, 0.1) is 20.7 Å². The predicted molar refractivity (Wildman–Crippen MR) is 117 cm³/mol. The Bertz CT molecular complexity index is 840. The van der Waals surface area contributed by atoms with Crippen LogP contribution < -0.4 is 0 Å². The van der Waals surface area contributed by atoms with E-state index in [-0.39, 0.29) is 5.97 Å². The van der Waals surface area contributed by atoms with Crippen molar-refractivity contribution in [2.75, 3.05) is 6.61 Å². The number of hydrogen-bond acceptors (Lipinski definition) is 5. The lowest BCUT2D eigenvalue weighted by molar-refractivity contribution is 0.0532. The van der Waals surface area contributed by atoms with Gasteiger partial charge in [-0.3, -0.25) is 0 Å². The van der Waals surface area contributed by atoms with Gasteiger partial charge in [-0.25, -0.2) is 4.79 Å². The van der Waals surface area contributed by atoms with Crippen molar-refractivity contribution < 1.29 is 9.53 Å². The number of carbonyl (C=O) groups excluding carboxylic acids is 1. The molecule has 3 aromatic heterocycles. The molecule has 3 heterocycles. The second kappa shape index (κ2) is 9.86. The molecule has 0 saturated carbocycles. The van der Waals surface area contributed by atoms with Crippen molar-refractivity contribution in [3.8, 4) is 0 Å². The van der Waals surface area contributed by atoms with Gasteiger partial charge in [-0.15, -0.1) is 34.0 Å². The zero-order valence-electron chi connectivity index (χ0n) is 15.8. The lowest BCUT2D eigenvalue weighted by Crippen LogP contribution is -2.01. The molecule has 0 spiro atoms. The van der Waals surface area contributed by atoms with E-state index in [9.17, 15) is 4.79 Å². The van der Waals surface area contributed by atoms with Crippen LogP contribution in [0.4, 0.5) is 0 Å². The minimum absolute atomic E-state index is 0.190. The van der Waals surface area contributed by atoms with E-state index in [0.717, 1.165) is 4.88 Å². The van der Waals surface area contributed by atoms with E-state index in [1.54, 1.807) is 11.3 Å². The standard InChI is InChI=1S/C21H28O2S3/c1-3-5-6-7-8-9-10-11-12-15-14-24-20-18(15)25-16-13-17(26-19(16)20)21(22)23-4-2/h13-14H,3-12H2,1-2H3. The van der Waals surface area contributed by atoms with Crippen molar-refractivity contribution in [3.05, 3.63) is 21.9 Å². The minimum atomic E-state index is -0.190. The van der Waals surface area contributed by atoms with E-state index in [0.29, 0.717) is 6.61 Å². The van der Waals surface area contributed by atoms with Crippen LogP contribution in [-0.4, -0.2) is 12.6 Å². The molecule has 0 radical (unpaired) electrons. The molecule has 3 rings (SSSR count). The first-order valence-corrected chi connectivity index (χ1v) is 12.3. The second-order valence-corrected chi connectivity index (χ2v) is 9.75. The molecule has 0 unspecified atom stereocenters. The van der Waals surface area contributed by atoms with Gasteiger partial charge in [-0.05, 0) is 36.8 Å². The zero-order valence-corrected chi connectivity index (χ0v) is 18.2. The number of esters is 1. The molecule has 0 N–H and O–H groups in total. The van der Waals surface area contributed by atoms with Gasteiger partial charge in [-0.1, -0.05) is 51.9 Å². The second-order valence-electron chi connectivity index (χ2n) is 6.77. The maximum atomic E-state index is 11.9. The molecule has 0 bridgehead atoms. The Kier molecular flexibility index (Phi) is 7.52. The van der Waals surface area contributed by atoms with Crippen LogP contribution in [0.15, 0.2) is 11.4 Å². The summed E-state index contributed by atoms with van der Waals surface area (Å²) in [4.78, 5) is 12.7. The quantitative estimate of drug-likeness (QED) is 0.237. The number of aryl methyl sites for hydroxylation is 1. The third kappa shape index (κ3) is 4.68. The van der Waals surface area contributed by atoms with Crippen LogP contribution in [0.25, 0.3) is 18.8 Å². The Balaban J connectivity index is 1.55. The van der Waals surface area contributed by atoms with Gasteiger partial charge in [-0.2, -0.15) is 0 Å². The number of fused-ring (bicyclic) bond motifs is 3. The number of ether oxygens (including phenoxy) is 1. The summed E-state index contributed by atoms with van der Waals surface area (Å²) in [7, 11) is 0. The molecule has 0 aliphatic carbocycles. The summed E-state index contributed by atoms with van der Waals surface area (Å²) in [6.07, 6.45) is 12.1. The minimum Gasteiger partial charge on any atom is -0.462 e. The Morgan fingerprint density at radius 2 is 1.65 bits per heavy atom. The monoisotopic (exact) mass is 408 g/mol. The van der Waals surface area contributed by atoms with Crippen molar-refractivity contribution in [1.82, 2.24) is 0 Å². The summed E-state index contributed by atoms with van der Waals surface area (Å²) in [5, 5.41) is 2.33. The van der Waals surface area contributed by atoms with Crippen LogP contribution in [-0.2, 0) is 11.2 Å². The van der Waals surface area contributed by atoms with E-state index in [2.05, 4.69) is 12.3 Å². The Morgan fingerprint density at radius 1 is 0.923 bits per heavy atom. The number of carbonyl (C=O) groups is 1. The average molecular weight is 409 g/mol. The third-order valence-electron chi connectivity index (χ3n) is 4.71. The van der Waals surface area contributed by atoms with E-state index >= 15 is 0 Å². The van der Waals surface area contributed by atoms with Crippen LogP contribution >= 0.6 is 34.0 Å². The van der Waals surface area contributed by atoms with Crippen molar-refractivity contribution >= 4 is 58.8 Å². The van der Waals surface area contributed by atoms with Crippen molar-refractivity contribution in [2.45, 2.75) is 71.6 Å². The van der Waals surface area contributed by atoms with Gasteiger partial charge in [0.25, 0.3) is 0 Å². The van der Waals surface area contributed by atoms with Crippen LogP contribution in [0.2, 0.25) is 0 Å². The SMILES string of the molecule is CCCCCCCCCCc1csc2c1sc1cc(C(=O)OCC)sc12. The highest BCUT2D eigenvalue weighted by atomic mass is 32.1. The summed E-state index contributed by atoms with van der Waals surface area (Å²) in [5.41, 5.74) is 1.50. The first-order valence-electron chi connectivity index (χ1n) is 9.84. The van der Waals surface area contributed by atoms with E-state index in [1.165, 1.54) is 82.2 Å². The van der Waals surface area contributed by atoms with Gasteiger partial charge in [0.1, 0.15) is 4.88 Å². The maximum Gasteiger partial charge on any atom is 0.348 e. The average Bonchev–Trinajstić information content (AvgIpc) is 3.29. The number of unbranched alkanes of at least 4 members (excludes halogenated alkanes) is 7. The molecule has 3 aromatic rings. The van der Waals surface area contributed by atoms with Crippen LogP contribution in [0.5, 0.6) is 0 Å². The zero-order chi connectivity index (χ0) is 18.4. The fourth-order valence-corrected chi connectivity index (χ4v) is 7.28. The Morgan fingerprint density at radius 3 is 2.38 bits per heavy atom. The predicted octanol–water partition coefficient (Wildman–Crippen LogP) is 8.04. The lowest BCUT2D eigenvalue weighted by atomic mass is 10.1. The molecule has 142 valence electrons. The van der Waals surface area contributed by atoms with E-state index in [4.69, 9.17) is 4.74 Å². The van der Waals surface area contributed by atoms with Gasteiger partial charge in [0.15, 0.2) is 0 Å². The summed E-state index contributed by atoms with van der Waals surface area (Å²) >= 11 is 5.26. The van der Waals surface area contributed by atoms with Crippen molar-refractivity contribution in [1.29, 1.82) is 0 Å². The summed E-state index contributed by atoms with van der Waals surface area (Å²) in [6, 6.07) is 2.01. The molecule has 0 amide bonds. The Hall–Kier alpha value is -0.910. The molecule has 5 heteroatoms. The van der Waals surface area contributed by atoms with Gasteiger partial charge in [0.2, 0.25) is 0 Å². The molecule has 0 fully saturated rings. The highest BCUT2D eigenvalue weighted by molar-refractivity contribution is 7.38. The molecule has 0 aromatic carbocycles. The third-order valence-corrected chi connectivity index (χ3v) is 8.49. The van der Waals surface area contributed by atoms with Crippen LogP contribution in [0, 0.1) is 0 Å². The van der Waals surface area contributed by atoms with Gasteiger partial charge < -0.3 is 4.74 Å². The summed E-state index contributed by atoms with van der Waals surface area (Å²) in [6.45, 7) is 4.55. The normalized spacial score (nSPS) is 11.6. The van der Waals surface area contributed by atoms with Crippen molar-refractivity contribution in [2.24, 2.45) is 0 Å². The summed E-state index contributed by atoms with van der Waals surface area (Å²) in [5.74, 6) is -0.190. The van der Waals surface area contributed by atoms with Crippen LogP contribution in [0.3, 0.4) is 0 Å². The smallest absolute Gasteiger partial charge is 0.348 e. The number of rotatable bonds is 11. The number of hydrogen-bond donors (Lipinski definition) is 0. The van der Waals surface area contributed by atoms with E-state index < -0.39 is 0 Å². The van der Waals surface area contributed by atoms with Gasteiger partial charge >= 0.3 is 5.97 Å². The number of thiophene rings is 3. The largest absolute Gasteiger partial charge is 0.462 e. The topological polar surface area (TPSA) is 26.3 Å². The molecule has 0 aliphatic heterocycles. The highest BCUT2D eigenvalue weighted by Gasteiger charge is 2.17. The lowest BCUT2D eigenvalue weighted by Gasteiger charge is -2.01. The summed E-state index contributed by atoms with van der Waals surface area (Å²) < 4.78 is 10.4. The molecule has 0 saturated heterocycles.